The number of carbonyl (C=O) groups is 2. The standard InChI is InChI=1S/C35H38N4O4/c1-24-20-39(25(2)23-40)35(42)31-19-30(37-34(41)29-15-17-36-18-16-29)13-14-32(31)43-33(24)22-38(3)21-26-9-11-28(12-10-26)27-7-5-4-6-8-27/h4-19,24-25,33,40H,20-23H2,1-3H3,(H,37,41)/t24-,25-,33-/m1/s1. The van der Waals surface area contributed by atoms with Gasteiger partial charge in [0.05, 0.1) is 18.2 Å². The van der Waals surface area contributed by atoms with Crippen LogP contribution in [0.3, 0.4) is 0 Å². The first-order chi connectivity index (χ1) is 20.8. The summed E-state index contributed by atoms with van der Waals surface area (Å²) < 4.78 is 6.54. The van der Waals surface area contributed by atoms with E-state index in [2.05, 4.69) is 65.6 Å². The summed E-state index contributed by atoms with van der Waals surface area (Å²) in [7, 11) is 2.07. The Morgan fingerprint density at radius 2 is 1.74 bits per heavy atom. The van der Waals surface area contributed by atoms with Crippen molar-refractivity contribution in [1.82, 2.24) is 14.8 Å². The first-order valence-electron chi connectivity index (χ1n) is 14.6. The van der Waals surface area contributed by atoms with Crippen molar-refractivity contribution in [3.8, 4) is 16.9 Å². The third-order valence-corrected chi connectivity index (χ3v) is 7.87. The number of hydrogen-bond acceptors (Lipinski definition) is 6. The Morgan fingerprint density at radius 3 is 2.44 bits per heavy atom. The summed E-state index contributed by atoms with van der Waals surface area (Å²) in [5, 5.41) is 12.8. The Balaban J connectivity index is 1.34. The molecule has 4 aromatic rings. The van der Waals surface area contributed by atoms with E-state index in [4.69, 9.17) is 4.74 Å². The number of nitrogens with zero attached hydrogens (tertiary/aromatic N) is 3. The Kier molecular flexibility index (Phi) is 9.49. The van der Waals surface area contributed by atoms with Crippen molar-refractivity contribution < 1.29 is 19.4 Å². The van der Waals surface area contributed by atoms with E-state index in [1.807, 2.05) is 25.1 Å². The van der Waals surface area contributed by atoms with Crippen LogP contribution in [0.2, 0.25) is 0 Å². The van der Waals surface area contributed by atoms with Gasteiger partial charge in [-0.1, -0.05) is 61.5 Å². The molecule has 0 bridgehead atoms. The predicted molar refractivity (Wildman–Crippen MR) is 168 cm³/mol. The number of aliphatic hydroxyl groups is 1. The average molecular weight is 579 g/mol. The smallest absolute Gasteiger partial charge is 0.258 e. The number of amides is 2. The van der Waals surface area contributed by atoms with Gasteiger partial charge in [0.1, 0.15) is 11.9 Å². The zero-order chi connectivity index (χ0) is 30.3. The lowest BCUT2D eigenvalue weighted by Gasteiger charge is -2.38. The van der Waals surface area contributed by atoms with E-state index < -0.39 is 0 Å². The number of likely N-dealkylation sites (N-methyl/N-ethyl adjacent to an activating group) is 1. The minimum atomic E-state index is -0.377. The van der Waals surface area contributed by atoms with Gasteiger partial charge in [0.15, 0.2) is 0 Å². The van der Waals surface area contributed by atoms with Crippen LogP contribution in [0.15, 0.2) is 97.3 Å². The third-order valence-electron chi connectivity index (χ3n) is 7.87. The molecule has 0 saturated carbocycles. The highest BCUT2D eigenvalue weighted by Gasteiger charge is 2.33. The largest absolute Gasteiger partial charge is 0.488 e. The number of anilines is 1. The van der Waals surface area contributed by atoms with Gasteiger partial charge in [-0.2, -0.15) is 0 Å². The average Bonchev–Trinajstić information content (AvgIpc) is 3.03. The molecule has 43 heavy (non-hydrogen) atoms. The molecule has 3 atom stereocenters. The predicted octanol–water partition coefficient (Wildman–Crippen LogP) is 5.35. The molecule has 0 fully saturated rings. The maximum absolute atomic E-state index is 13.7. The lowest BCUT2D eigenvalue weighted by atomic mass is 9.99. The lowest BCUT2D eigenvalue weighted by molar-refractivity contribution is 0.0341. The third kappa shape index (κ3) is 7.28. The van der Waals surface area contributed by atoms with Crippen LogP contribution in [0.25, 0.3) is 11.1 Å². The molecule has 8 heteroatoms. The van der Waals surface area contributed by atoms with Gasteiger partial charge < -0.3 is 20.1 Å². The number of nitrogens with one attached hydrogen (secondary N) is 1. The van der Waals surface area contributed by atoms with Crippen LogP contribution >= 0.6 is 0 Å². The quantitative estimate of drug-likeness (QED) is 0.278. The first-order valence-corrected chi connectivity index (χ1v) is 14.6. The van der Waals surface area contributed by atoms with Crippen molar-refractivity contribution in [2.45, 2.75) is 32.5 Å². The summed E-state index contributed by atoms with van der Waals surface area (Å²) in [6.45, 7) is 5.56. The Labute approximate surface area is 252 Å². The Bertz CT molecular complexity index is 1530. The molecule has 8 nitrogen and oxygen atoms in total. The van der Waals surface area contributed by atoms with Crippen LogP contribution in [0, 0.1) is 5.92 Å². The maximum Gasteiger partial charge on any atom is 0.258 e. The summed E-state index contributed by atoms with van der Waals surface area (Å²) in [6, 6.07) is 26.9. The molecule has 1 aliphatic rings. The van der Waals surface area contributed by atoms with Crippen LogP contribution in [-0.4, -0.2) is 70.6 Å². The molecule has 1 aromatic heterocycles. The summed E-state index contributed by atoms with van der Waals surface area (Å²) in [4.78, 5) is 34.4. The van der Waals surface area contributed by atoms with Crippen LogP contribution < -0.4 is 10.1 Å². The highest BCUT2D eigenvalue weighted by molar-refractivity contribution is 6.05. The van der Waals surface area contributed by atoms with Crippen molar-refractivity contribution in [3.05, 3.63) is 114 Å². The van der Waals surface area contributed by atoms with E-state index in [0.717, 1.165) is 6.54 Å². The minimum absolute atomic E-state index is 0.0000704. The van der Waals surface area contributed by atoms with Gasteiger partial charge in [0.25, 0.3) is 11.8 Å². The normalized spacial score (nSPS) is 17.4. The number of hydrogen-bond donors (Lipinski definition) is 2. The van der Waals surface area contributed by atoms with Crippen LogP contribution in [0.1, 0.15) is 40.1 Å². The van der Waals surface area contributed by atoms with Crippen molar-refractivity contribution >= 4 is 17.5 Å². The molecule has 222 valence electrons. The van der Waals surface area contributed by atoms with E-state index in [-0.39, 0.29) is 36.5 Å². The van der Waals surface area contributed by atoms with E-state index in [1.54, 1.807) is 47.6 Å². The van der Waals surface area contributed by atoms with Crippen molar-refractivity contribution in [3.63, 3.8) is 0 Å². The summed E-state index contributed by atoms with van der Waals surface area (Å²) in [5.41, 5.74) is 4.86. The molecule has 2 amide bonds. The Morgan fingerprint density at radius 1 is 1.05 bits per heavy atom. The molecule has 2 N–H and O–H groups in total. The van der Waals surface area contributed by atoms with Crippen LogP contribution in [0.4, 0.5) is 5.69 Å². The van der Waals surface area contributed by atoms with Gasteiger partial charge in [-0.3, -0.25) is 19.5 Å². The van der Waals surface area contributed by atoms with E-state index >= 15 is 0 Å². The second-order valence-corrected chi connectivity index (χ2v) is 11.3. The van der Waals surface area contributed by atoms with Crippen molar-refractivity contribution in [1.29, 1.82) is 0 Å². The Hall–Kier alpha value is -4.53. The molecular weight excluding hydrogens is 540 g/mol. The van der Waals surface area contributed by atoms with Crippen LogP contribution in [0.5, 0.6) is 5.75 Å². The minimum Gasteiger partial charge on any atom is -0.488 e. The maximum atomic E-state index is 13.7. The molecule has 5 rings (SSSR count). The molecule has 3 aromatic carbocycles. The molecule has 0 radical (unpaired) electrons. The van der Waals surface area contributed by atoms with Crippen molar-refractivity contribution in [2.75, 3.05) is 32.1 Å². The number of ether oxygens (including phenoxy) is 1. The van der Waals surface area contributed by atoms with E-state index in [1.165, 1.54) is 16.7 Å². The highest BCUT2D eigenvalue weighted by Crippen LogP contribution is 2.31. The molecular formula is C35H38N4O4. The molecule has 0 saturated heterocycles. The highest BCUT2D eigenvalue weighted by atomic mass is 16.5. The second-order valence-electron chi connectivity index (χ2n) is 11.3. The SMILES string of the molecule is C[C@@H]1CN([C@H](C)CO)C(=O)c2cc(NC(=O)c3ccncc3)ccc2O[C@@H]1CN(C)Cc1ccc(-c2ccccc2)cc1. The molecule has 2 heterocycles. The lowest BCUT2D eigenvalue weighted by Crippen LogP contribution is -2.49. The molecule has 0 unspecified atom stereocenters. The number of rotatable bonds is 9. The molecule has 1 aliphatic heterocycles. The number of pyridine rings is 1. The van der Waals surface area contributed by atoms with Gasteiger partial charge in [0.2, 0.25) is 0 Å². The number of benzene rings is 3. The fourth-order valence-corrected chi connectivity index (χ4v) is 5.34. The topological polar surface area (TPSA) is 95.0 Å². The van der Waals surface area contributed by atoms with E-state index in [0.29, 0.717) is 35.7 Å². The summed E-state index contributed by atoms with van der Waals surface area (Å²) >= 11 is 0. The number of aromatic nitrogens is 1. The first kappa shape index (κ1) is 29.9. The zero-order valence-electron chi connectivity index (χ0n) is 24.8. The summed E-state index contributed by atoms with van der Waals surface area (Å²) in [6.07, 6.45) is 2.89. The monoisotopic (exact) mass is 578 g/mol. The fraction of sp³-hybridized carbons (Fsp3) is 0.286. The van der Waals surface area contributed by atoms with E-state index in [9.17, 15) is 14.7 Å². The molecule has 0 aliphatic carbocycles. The van der Waals surface area contributed by atoms with Gasteiger partial charge in [0, 0.05) is 49.2 Å². The number of carbonyl (C=O) groups excluding carboxylic acids is 2. The fourth-order valence-electron chi connectivity index (χ4n) is 5.34. The van der Waals surface area contributed by atoms with Gasteiger partial charge in [-0.05, 0) is 61.0 Å². The van der Waals surface area contributed by atoms with Gasteiger partial charge in [-0.25, -0.2) is 0 Å². The number of aliphatic hydroxyl groups excluding tert-OH is 1. The van der Waals surface area contributed by atoms with Gasteiger partial charge in [-0.15, -0.1) is 0 Å². The van der Waals surface area contributed by atoms with Crippen LogP contribution in [-0.2, 0) is 6.54 Å². The van der Waals surface area contributed by atoms with Crippen molar-refractivity contribution in [2.24, 2.45) is 5.92 Å². The second kappa shape index (κ2) is 13.6. The zero-order valence-corrected chi connectivity index (χ0v) is 24.8. The van der Waals surface area contributed by atoms with Gasteiger partial charge >= 0.3 is 0 Å². The summed E-state index contributed by atoms with van der Waals surface area (Å²) in [5.74, 6) is -0.0833. The number of fused-ring (bicyclic) bond motifs is 1. The molecule has 0 spiro atoms.